The summed E-state index contributed by atoms with van der Waals surface area (Å²) in [6.45, 7) is 23.4. The Hall–Kier alpha value is -1.19. The number of nitrogens with one attached hydrogen (secondary N) is 1. The number of hydrogen-bond acceptors (Lipinski definition) is 5. The van der Waals surface area contributed by atoms with Crippen LogP contribution in [0.15, 0.2) is 58.5 Å². The van der Waals surface area contributed by atoms with Gasteiger partial charge in [0.1, 0.15) is 0 Å². The zero-order valence-electron chi connectivity index (χ0n) is 25.3. The van der Waals surface area contributed by atoms with Gasteiger partial charge in [-0.25, -0.2) is 4.99 Å². The van der Waals surface area contributed by atoms with Crippen molar-refractivity contribution < 1.29 is 24.0 Å². The highest BCUT2D eigenvalue weighted by molar-refractivity contribution is 8.14. The third kappa shape index (κ3) is 10.9. The second kappa shape index (κ2) is 16.4. The molecule has 2 aliphatic heterocycles. The quantitative estimate of drug-likeness (QED) is 0.347. The van der Waals surface area contributed by atoms with Crippen molar-refractivity contribution in [2.45, 2.75) is 81.6 Å². The summed E-state index contributed by atoms with van der Waals surface area (Å²) in [6, 6.07) is 17.0. The maximum Gasteiger partial charge on any atom is 0.164 e. The normalized spacial score (nSPS) is 18.7. The molecule has 2 aromatic rings. The summed E-state index contributed by atoms with van der Waals surface area (Å²) < 4.78 is 0. The predicted molar refractivity (Wildman–Crippen MR) is 181 cm³/mol. The van der Waals surface area contributed by atoms with Crippen molar-refractivity contribution in [3.63, 3.8) is 0 Å². The number of rotatable bonds is 5. The fourth-order valence-electron chi connectivity index (χ4n) is 4.46. The molecular formula is C33H52IN4S2-. The summed E-state index contributed by atoms with van der Waals surface area (Å²) >= 11 is 3.72. The Balaban J connectivity index is 0.000000383. The fourth-order valence-corrected chi connectivity index (χ4v) is 6.56. The van der Waals surface area contributed by atoms with Crippen LogP contribution in [0.25, 0.3) is 0 Å². The van der Waals surface area contributed by atoms with Crippen LogP contribution < -0.4 is 29.3 Å². The number of amidine groups is 2. The van der Waals surface area contributed by atoms with Crippen molar-refractivity contribution in [2.24, 2.45) is 20.8 Å². The van der Waals surface area contributed by atoms with Gasteiger partial charge in [0.05, 0.1) is 5.69 Å². The molecular weight excluding hydrogens is 643 g/mol. The van der Waals surface area contributed by atoms with Crippen molar-refractivity contribution in [3.05, 3.63) is 59.7 Å². The molecule has 0 bridgehead atoms. The molecule has 1 N–H and O–H groups in total. The Kier molecular flexibility index (Phi) is 15.1. The molecule has 1 saturated heterocycles. The van der Waals surface area contributed by atoms with Gasteiger partial charge in [-0.05, 0) is 52.8 Å². The molecule has 0 spiro atoms. The van der Waals surface area contributed by atoms with Gasteiger partial charge in [0.15, 0.2) is 10.3 Å². The van der Waals surface area contributed by atoms with E-state index in [1.165, 1.54) is 22.0 Å². The van der Waals surface area contributed by atoms with Crippen LogP contribution in [0.3, 0.4) is 0 Å². The average molecular weight is 696 g/mol. The van der Waals surface area contributed by atoms with Gasteiger partial charge >= 0.3 is 0 Å². The lowest BCUT2D eigenvalue weighted by molar-refractivity contribution is -0.00000935. The lowest BCUT2D eigenvalue weighted by atomic mass is 9.95. The Labute approximate surface area is 271 Å². The van der Waals surface area contributed by atoms with E-state index in [0.29, 0.717) is 22.7 Å². The summed E-state index contributed by atoms with van der Waals surface area (Å²) in [5.74, 6) is 3.31. The second-order valence-corrected chi connectivity index (χ2v) is 14.4. The molecule has 0 aromatic heterocycles. The van der Waals surface area contributed by atoms with Gasteiger partial charge < -0.3 is 34.2 Å². The van der Waals surface area contributed by atoms with Gasteiger partial charge in [0.2, 0.25) is 0 Å². The van der Waals surface area contributed by atoms with E-state index in [1.807, 2.05) is 23.5 Å². The second-order valence-electron chi connectivity index (χ2n) is 12.5. The van der Waals surface area contributed by atoms with Gasteiger partial charge in [-0.15, -0.1) is 0 Å². The molecule has 2 aliphatic rings. The minimum absolute atomic E-state index is 0. The zero-order valence-corrected chi connectivity index (χ0v) is 29.1. The van der Waals surface area contributed by atoms with E-state index in [1.54, 1.807) is 0 Å². The first-order chi connectivity index (χ1) is 17.9. The Morgan fingerprint density at radius 1 is 0.875 bits per heavy atom. The third-order valence-electron chi connectivity index (χ3n) is 6.71. The number of aliphatic imine (C=N–C) groups is 2. The summed E-state index contributed by atoms with van der Waals surface area (Å²) in [4.78, 5) is 12.0. The van der Waals surface area contributed by atoms with Gasteiger partial charge in [-0.3, -0.25) is 4.99 Å². The summed E-state index contributed by atoms with van der Waals surface area (Å²) in [5.41, 5.74) is 5.71. The highest BCUT2D eigenvalue weighted by Crippen LogP contribution is 2.34. The molecule has 1 fully saturated rings. The predicted octanol–water partition coefficient (Wildman–Crippen LogP) is 6.88. The van der Waals surface area contributed by atoms with Crippen LogP contribution in [-0.2, 0) is 0 Å². The van der Waals surface area contributed by atoms with E-state index in [2.05, 4.69) is 126 Å². The minimum Gasteiger partial charge on any atom is -1.00 e. The van der Waals surface area contributed by atoms with Crippen molar-refractivity contribution in [1.82, 2.24) is 4.90 Å². The molecule has 0 amide bonds. The number of thioether (sulfide) groups is 2. The Bertz CT molecular complexity index is 1120. The lowest BCUT2D eigenvalue weighted by Gasteiger charge is -2.39. The molecule has 0 saturated carbocycles. The molecule has 40 heavy (non-hydrogen) atoms. The highest BCUT2D eigenvalue weighted by atomic mass is 127. The van der Waals surface area contributed by atoms with Crippen LogP contribution in [0.1, 0.15) is 92.7 Å². The number of anilines is 1. The molecule has 0 unspecified atom stereocenters. The zero-order chi connectivity index (χ0) is 27.9. The molecule has 4 rings (SSSR count). The molecule has 2 aromatic carbocycles. The lowest BCUT2D eigenvalue weighted by Crippen LogP contribution is -3.00. The number of para-hydroxylation sites is 2. The molecule has 0 atom stereocenters. The topological polar surface area (TPSA) is 40.0 Å². The SMILES string of the molecule is C.CC(C)c1ccccc1NC1=NCC(C)(C)CS1.CCN1CC(C)(C)CSC1=Nc1ccccc1C(C)C.[I-]. The standard InChI is InChI=1S/C17H26N2S.C15H22N2S.CH4.HI/c1-6-19-11-17(4,5)12-20-16(19)18-15-10-8-7-9-14(15)13(2)3;1-11(2)12-7-5-6-8-13(12)17-14-16-9-15(3,4)10-18-14;;/h7-10,13H,6,11-12H2,1-5H3;5-8,11H,9-10H2,1-4H3,(H,16,17);1H4;1H/p-1. The van der Waals surface area contributed by atoms with Crippen LogP contribution in [0.4, 0.5) is 11.4 Å². The first-order valence-electron chi connectivity index (χ1n) is 14.0. The average Bonchev–Trinajstić information content (AvgIpc) is 2.87. The minimum atomic E-state index is 0. The van der Waals surface area contributed by atoms with Crippen molar-refractivity contribution in [3.8, 4) is 0 Å². The largest absolute Gasteiger partial charge is 1.00 e. The monoisotopic (exact) mass is 695 g/mol. The molecule has 7 heteroatoms. The first-order valence-corrected chi connectivity index (χ1v) is 16.0. The maximum absolute atomic E-state index is 4.96. The van der Waals surface area contributed by atoms with Crippen LogP contribution >= 0.6 is 23.5 Å². The molecule has 0 radical (unpaired) electrons. The Morgan fingerprint density at radius 3 is 2.02 bits per heavy atom. The fraction of sp³-hybridized carbons (Fsp3) is 0.576. The van der Waals surface area contributed by atoms with Gasteiger partial charge in [-0.1, -0.05) is 123 Å². The highest BCUT2D eigenvalue weighted by Gasteiger charge is 2.30. The smallest absolute Gasteiger partial charge is 0.164 e. The van der Waals surface area contributed by atoms with Crippen LogP contribution in [0.2, 0.25) is 0 Å². The van der Waals surface area contributed by atoms with E-state index in [4.69, 9.17) is 4.99 Å². The van der Waals surface area contributed by atoms with E-state index >= 15 is 0 Å². The molecule has 4 nitrogen and oxygen atoms in total. The van der Waals surface area contributed by atoms with E-state index in [9.17, 15) is 0 Å². The first kappa shape index (κ1) is 36.8. The Morgan fingerprint density at radius 2 is 1.45 bits per heavy atom. The van der Waals surface area contributed by atoms with E-state index < -0.39 is 0 Å². The summed E-state index contributed by atoms with van der Waals surface area (Å²) in [6.07, 6.45) is 0. The van der Waals surface area contributed by atoms with Crippen LogP contribution in [0, 0.1) is 10.8 Å². The maximum atomic E-state index is 4.96. The van der Waals surface area contributed by atoms with Gasteiger partial charge in [0.25, 0.3) is 0 Å². The van der Waals surface area contributed by atoms with Crippen LogP contribution in [-0.4, -0.2) is 46.4 Å². The van der Waals surface area contributed by atoms with Gasteiger partial charge in [-0.2, -0.15) is 0 Å². The third-order valence-corrected chi connectivity index (χ3v) is 9.68. The van der Waals surface area contributed by atoms with Gasteiger partial charge in [0, 0.05) is 36.8 Å². The number of halogens is 1. The van der Waals surface area contributed by atoms with E-state index in [0.717, 1.165) is 42.0 Å². The molecule has 0 aliphatic carbocycles. The summed E-state index contributed by atoms with van der Waals surface area (Å²) in [7, 11) is 0. The van der Waals surface area contributed by atoms with E-state index in [-0.39, 0.29) is 31.4 Å². The number of nitrogens with zero attached hydrogens (tertiary/aromatic N) is 3. The number of hydrogen-bond donors (Lipinski definition) is 1. The number of benzene rings is 2. The van der Waals surface area contributed by atoms with Crippen LogP contribution in [0.5, 0.6) is 0 Å². The molecule has 2 heterocycles. The summed E-state index contributed by atoms with van der Waals surface area (Å²) in [5, 5.41) is 5.72. The molecule has 224 valence electrons. The van der Waals surface area contributed by atoms with Crippen molar-refractivity contribution in [2.75, 3.05) is 36.5 Å². The van der Waals surface area contributed by atoms with Crippen molar-refractivity contribution >= 4 is 45.2 Å². The van der Waals surface area contributed by atoms with Crippen molar-refractivity contribution in [1.29, 1.82) is 0 Å².